The number of methoxy groups -OCH3 is 1. The second-order valence-electron chi connectivity index (χ2n) is 8.52. The Labute approximate surface area is 203 Å². The maximum absolute atomic E-state index is 12.4. The molecule has 1 amide bonds. The first-order valence-corrected chi connectivity index (χ1v) is 11.5. The number of nitrogens with one attached hydrogen (secondary N) is 1. The van der Waals surface area contributed by atoms with Crippen molar-refractivity contribution in [3.05, 3.63) is 66.0 Å². The van der Waals surface area contributed by atoms with Gasteiger partial charge in [-0.2, -0.15) is 5.10 Å². The molecule has 1 saturated heterocycles. The van der Waals surface area contributed by atoms with Gasteiger partial charge in [0.05, 0.1) is 25.5 Å². The van der Waals surface area contributed by atoms with Crippen LogP contribution in [0.2, 0.25) is 0 Å². The van der Waals surface area contributed by atoms with E-state index in [-0.39, 0.29) is 0 Å². The van der Waals surface area contributed by atoms with Gasteiger partial charge in [-0.25, -0.2) is 4.52 Å². The van der Waals surface area contributed by atoms with Gasteiger partial charge in [0, 0.05) is 23.6 Å². The number of hydrogen-bond donors (Lipinski definition) is 2. The van der Waals surface area contributed by atoms with E-state index in [0.717, 1.165) is 48.6 Å². The summed E-state index contributed by atoms with van der Waals surface area (Å²) in [6.07, 6.45) is 2.86. The number of benzene rings is 2. The van der Waals surface area contributed by atoms with Crippen molar-refractivity contribution in [2.24, 2.45) is 5.73 Å². The minimum absolute atomic E-state index is 0.318. The second-order valence-corrected chi connectivity index (χ2v) is 8.52. The molecular weight excluding hydrogens is 442 g/mol. The number of carbonyl (C=O) groups is 1. The van der Waals surface area contributed by atoms with Crippen LogP contribution in [-0.2, 0) is 0 Å². The van der Waals surface area contributed by atoms with Crippen molar-refractivity contribution in [2.45, 2.75) is 19.3 Å². The lowest BCUT2D eigenvalue weighted by atomic mass is 10.0. The largest absolute Gasteiger partial charge is 0.497 e. The number of hydrogen-bond acceptors (Lipinski definition) is 5. The number of imidazole rings is 1. The molecule has 3 heterocycles. The van der Waals surface area contributed by atoms with E-state index in [2.05, 4.69) is 26.8 Å². The molecule has 35 heavy (non-hydrogen) atoms. The molecule has 0 bridgehead atoms. The number of carbonyl (C=O) groups excluding carboxylic acids is 1. The number of aromatic amines is 1. The van der Waals surface area contributed by atoms with Crippen molar-refractivity contribution in [1.29, 1.82) is 0 Å². The van der Waals surface area contributed by atoms with E-state index < -0.39 is 5.91 Å². The summed E-state index contributed by atoms with van der Waals surface area (Å²) in [5, 5.41) is 4.51. The van der Waals surface area contributed by atoms with E-state index in [1.165, 1.54) is 0 Å². The molecule has 0 radical (unpaired) electrons. The maximum atomic E-state index is 12.4. The summed E-state index contributed by atoms with van der Waals surface area (Å²) < 4.78 is 12.7. The van der Waals surface area contributed by atoms with Gasteiger partial charge in [-0.05, 0) is 68.4 Å². The van der Waals surface area contributed by atoms with E-state index in [9.17, 15) is 4.79 Å². The standard InChI is InChI=1S/C27H27N5O3/c1-3-4-14-31-15-13-19(17-31)23-16-29-32-25(26(28)33)24(30-27(23)32)18-5-7-21(8-6-18)35-22-11-9-20(34-2)10-12-22/h5-12,16,19,30H,13-15,17H2,1-2H3,(H2,28,33). The molecule has 0 spiro atoms. The molecule has 1 fully saturated rings. The van der Waals surface area contributed by atoms with Crippen molar-refractivity contribution in [2.75, 3.05) is 26.7 Å². The Hall–Kier alpha value is -4.22. The Morgan fingerprint density at radius 3 is 2.49 bits per heavy atom. The van der Waals surface area contributed by atoms with Crippen molar-refractivity contribution < 1.29 is 14.3 Å². The SMILES string of the molecule is CC#CCN1CCC(c2cnn3c(C(N)=O)c(-c4ccc(Oc5ccc(OC)cc5)cc4)[nH]c23)C1. The van der Waals surface area contributed by atoms with Gasteiger partial charge < -0.3 is 20.2 Å². The van der Waals surface area contributed by atoms with E-state index in [1.54, 1.807) is 11.6 Å². The van der Waals surface area contributed by atoms with E-state index >= 15 is 0 Å². The first kappa shape index (κ1) is 22.6. The van der Waals surface area contributed by atoms with Gasteiger partial charge in [0.15, 0.2) is 5.69 Å². The lowest BCUT2D eigenvalue weighted by molar-refractivity contribution is 0.0994. The number of ether oxygens (including phenoxy) is 2. The highest BCUT2D eigenvalue weighted by atomic mass is 16.5. The second kappa shape index (κ2) is 9.57. The average Bonchev–Trinajstić information content (AvgIpc) is 3.59. The number of likely N-dealkylation sites (tertiary alicyclic amines) is 1. The minimum Gasteiger partial charge on any atom is -0.497 e. The van der Waals surface area contributed by atoms with Crippen molar-refractivity contribution in [1.82, 2.24) is 19.5 Å². The molecule has 5 rings (SSSR count). The highest BCUT2D eigenvalue weighted by molar-refractivity contribution is 5.98. The summed E-state index contributed by atoms with van der Waals surface area (Å²) >= 11 is 0. The zero-order valence-corrected chi connectivity index (χ0v) is 19.7. The summed E-state index contributed by atoms with van der Waals surface area (Å²) in [5.41, 5.74) is 9.47. The first-order chi connectivity index (χ1) is 17.1. The van der Waals surface area contributed by atoms with Gasteiger partial charge in [0.25, 0.3) is 5.91 Å². The Bertz CT molecular complexity index is 1410. The number of nitrogens with two attached hydrogens (primary N) is 1. The van der Waals surface area contributed by atoms with E-state index in [1.807, 2.05) is 61.7 Å². The first-order valence-electron chi connectivity index (χ1n) is 11.5. The average molecular weight is 470 g/mol. The molecule has 1 unspecified atom stereocenters. The van der Waals surface area contributed by atoms with Gasteiger partial charge in [-0.1, -0.05) is 5.92 Å². The van der Waals surface area contributed by atoms with Crippen LogP contribution >= 0.6 is 0 Å². The summed E-state index contributed by atoms with van der Waals surface area (Å²) in [6.45, 7) is 4.53. The number of rotatable bonds is 7. The highest BCUT2D eigenvalue weighted by Gasteiger charge is 2.29. The molecule has 8 heteroatoms. The van der Waals surface area contributed by atoms with Gasteiger partial charge in [0.1, 0.15) is 22.9 Å². The Morgan fingerprint density at radius 2 is 1.83 bits per heavy atom. The fourth-order valence-corrected chi connectivity index (χ4v) is 4.56. The van der Waals surface area contributed by atoms with Crippen LogP contribution in [0.1, 0.15) is 35.3 Å². The van der Waals surface area contributed by atoms with Gasteiger partial charge in [-0.3, -0.25) is 9.69 Å². The molecule has 0 saturated carbocycles. The van der Waals surface area contributed by atoms with Crippen molar-refractivity contribution in [3.63, 3.8) is 0 Å². The normalized spacial score (nSPS) is 15.7. The monoisotopic (exact) mass is 469 g/mol. The summed E-state index contributed by atoms with van der Waals surface area (Å²) in [7, 11) is 1.63. The molecule has 8 nitrogen and oxygen atoms in total. The number of H-pyrrole nitrogens is 1. The van der Waals surface area contributed by atoms with Crippen LogP contribution in [0.15, 0.2) is 54.7 Å². The lowest BCUT2D eigenvalue weighted by Gasteiger charge is -2.11. The topological polar surface area (TPSA) is 97.9 Å². The van der Waals surface area contributed by atoms with Crippen LogP contribution in [0, 0.1) is 11.8 Å². The van der Waals surface area contributed by atoms with E-state index in [4.69, 9.17) is 15.2 Å². The van der Waals surface area contributed by atoms with Gasteiger partial charge in [-0.15, -0.1) is 5.92 Å². The highest BCUT2D eigenvalue weighted by Crippen LogP contribution is 2.34. The summed E-state index contributed by atoms with van der Waals surface area (Å²) in [4.78, 5) is 18.2. The third kappa shape index (κ3) is 4.46. The van der Waals surface area contributed by atoms with Crippen LogP contribution in [-0.4, -0.2) is 52.1 Å². The van der Waals surface area contributed by atoms with Crippen LogP contribution in [0.3, 0.4) is 0 Å². The van der Waals surface area contributed by atoms with E-state index in [0.29, 0.717) is 28.8 Å². The minimum atomic E-state index is -0.536. The van der Waals surface area contributed by atoms with Gasteiger partial charge in [0.2, 0.25) is 0 Å². The molecule has 4 aromatic rings. The molecule has 1 atom stereocenters. The zero-order valence-electron chi connectivity index (χ0n) is 19.7. The lowest BCUT2D eigenvalue weighted by Crippen LogP contribution is -2.20. The molecular formula is C27H27N5O3. The number of amides is 1. The Morgan fingerprint density at radius 1 is 1.14 bits per heavy atom. The van der Waals surface area contributed by atoms with Crippen molar-refractivity contribution in [3.8, 4) is 40.3 Å². The number of aromatic nitrogens is 3. The molecule has 2 aromatic carbocycles. The third-order valence-electron chi connectivity index (χ3n) is 6.35. The molecule has 178 valence electrons. The summed E-state index contributed by atoms with van der Waals surface area (Å²) in [6, 6.07) is 14.9. The Kier molecular flexibility index (Phi) is 6.17. The van der Waals surface area contributed by atoms with Gasteiger partial charge >= 0.3 is 0 Å². The van der Waals surface area contributed by atoms with Crippen LogP contribution < -0.4 is 15.2 Å². The van der Waals surface area contributed by atoms with Crippen molar-refractivity contribution >= 4 is 11.6 Å². The fraction of sp³-hybridized carbons (Fsp3) is 0.259. The predicted molar refractivity (Wildman–Crippen MR) is 134 cm³/mol. The zero-order chi connectivity index (χ0) is 24.4. The van der Waals surface area contributed by atoms with Crippen LogP contribution in [0.4, 0.5) is 0 Å². The van der Waals surface area contributed by atoms with Crippen LogP contribution in [0.5, 0.6) is 17.2 Å². The molecule has 0 aliphatic carbocycles. The number of nitrogens with zero attached hydrogens (tertiary/aromatic N) is 3. The smallest absolute Gasteiger partial charge is 0.269 e. The molecule has 1 aliphatic heterocycles. The van der Waals surface area contributed by atoms with Crippen LogP contribution in [0.25, 0.3) is 16.9 Å². The maximum Gasteiger partial charge on any atom is 0.269 e. The Balaban J connectivity index is 1.42. The molecule has 1 aliphatic rings. The third-order valence-corrected chi connectivity index (χ3v) is 6.35. The molecule has 2 aromatic heterocycles. The summed E-state index contributed by atoms with van der Waals surface area (Å²) in [5.74, 6) is 8.03. The fourth-order valence-electron chi connectivity index (χ4n) is 4.56. The number of fused-ring (bicyclic) bond motifs is 1. The quantitative estimate of drug-likeness (QED) is 0.398. The predicted octanol–water partition coefficient (Wildman–Crippen LogP) is 4.04. The number of primary amides is 1. The molecule has 3 N–H and O–H groups in total.